The lowest BCUT2D eigenvalue weighted by Crippen LogP contribution is -2.24. The molecule has 0 fully saturated rings. The van der Waals surface area contributed by atoms with Gasteiger partial charge >= 0.3 is 5.97 Å². The zero-order valence-corrected chi connectivity index (χ0v) is 11.5. The van der Waals surface area contributed by atoms with Gasteiger partial charge in [-0.15, -0.1) is 0 Å². The summed E-state index contributed by atoms with van der Waals surface area (Å²) in [5.74, 6) is -0.345. The van der Waals surface area contributed by atoms with E-state index in [1.165, 1.54) is 6.26 Å². The molecule has 6 heteroatoms. The number of pyridine rings is 1. The van der Waals surface area contributed by atoms with E-state index >= 15 is 0 Å². The molecule has 2 heterocycles. The average molecular weight is 288 g/mol. The molecule has 0 aliphatic heterocycles. The van der Waals surface area contributed by atoms with Crippen molar-refractivity contribution in [2.75, 3.05) is 6.54 Å². The van der Waals surface area contributed by atoms with Crippen LogP contribution in [0, 0.1) is 0 Å². The number of esters is 1. The highest BCUT2D eigenvalue weighted by atomic mass is 16.5. The fourth-order valence-corrected chi connectivity index (χ4v) is 1.64. The number of nitrogens with zero attached hydrogens (tertiary/aromatic N) is 1. The van der Waals surface area contributed by atoms with Gasteiger partial charge in [-0.3, -0.25) is 14.6 Å². The normalized spacial score (nSPS) is 10.1. The fraction of sp³-hybridized carbons (Fsp3) is 0.267. The summed E-state index contributed by atoms with van der Waals surface area (Å²) >= 11 is 0. The Hall–Kier alpha value is -2.63. The van der Waals surface area contributed by atoms with E-state index in [-0.39, 0.29) is 30.7 Å². The Morgan fingerprint density at radius 1 is 1.24 bits per heavy atom. The van der Waals surface area contributed by atoms with Crippen molar-refractivity contribution in [2.24, 2.45) is 0 Å². The predicted molar refractivity (Wildman–Crippen MR) is 74.3 cm³/mol. The quantitative estimate of drug-likeness (QED) is 0.622. The fourth-order valence-electron chi connectivity index (χ4n) is 1.64. The van der Waals surface area contributed by atoms with Crippen LogP contribution in [-0.4, -0.2) is 23.4 Å². The second-order valence-electron chi connectivity index (χ2n) is 4.32. The van der Waals surface area contributed by atoms with Gasteiger partial charge in [0.05, 0.1) is 12.0 Å². The van der Waals surface area contributed by atoms with Crippen LogP contribution in [0.1, 0.15) is 29.1 Å². The van der Waals surface area contributed by atoms with E-state index in [1.807, 2.05) is 6.07 Å². The molecule has 2 aromatic heterocycles. The molecule has 21 heavy (non-hydrogen) atoms. The molecule has 2 aromatic rings. The van der Waals surface area contributed by atoms with E-state index in [0.29, 0.717) is 18.7 Å². The van der Waals surface area contributed by atoms with Gasteiger partial charge in [0.25, 0.3) is 5.91 Å². The molecule has 0 saturated carbocycles. The third-order valence-corrected chi connectivity index (χ3v) is 2.70. The number of hydrogen-bond acceptors (Lipinski definition) is 5. The first kappa shape index (κ1) is 14.8. The standard InChI is InChI=1S/C15H16N2O4/c18-14(21-11-12-5-1-2-8-16-12)7-3-9-17-15(19)13-6-4-10-20-13/h1-2,4-6,8,10H,3,7,9,11H2,(H,17,19). The van der Waals surface area contributed by atoms with Crippen molar-refractivity contribution in [2.45, 2.75) is 19.4 Å². The van der Waals surface area contributed by atoms with E-state index in [1.54, 1.807) is 30.5 Å². The number of amides is 1. The SMILES string of the molecule is O=C(CCCNC(=O)c1ccco1)OCc1ccccn1. The van der Waals surface area contributed by atoms with Gasteiger partial charge in [0.1, 0.15) is 6.61 Å². The minimum Gasteiger partial charge on any atom is -0.459 e. The molecule has 110 valence electrons. The molecule has 0 atom stereocenters. The number of carbonyl (C=O) groups is 2. The Labute approximate surface area is 122 Å². The van der Waals surface area contributed by atoms with Crippen molar-refractivity contribution >= 4 is 11.9 Å². The Balaban J connectivity index is 1.58. The van der Waals surface area contributed by atoms with Gasteiger partial charge in [-0.2, -0.15) is 0 Å². The Morgan fingerprint density at radius 3 is 2.86 bits per heavy atom. The number of carbonyl (C=O) groups excluding carboxylic acids is 2. The Bertz CT molecular complexity index is 567. The van der Waals surface area contributed by atoms with E-state index in [9.17, 15) is 9.59 Å². The highest BCUT2D eigenvalue weighted by molar-refractivity contribution is 5.91. The second kappa shape index (κ2) is 7.84. The molecular formula is C15H16N2O4. The summed E-state index contributed by atoms with van der Waals surface area (Å²) < 4.78 is 10.0. The number of aromatic nitrogens is 1. The van der Waals surface area contributed by atoms with Gasteiger partial charge in [-0.25, -0.2) is 0 Å². The first-order valence-corrected chi connectivity index (χ1v) is 6.63. The zero-order chi connectivity index (χ0) is 14.9. The third kappa shape index (κ3) is 5.10. The van der Waals surface area contributed by atoms with E-state index < -0.39 is 0 Å². The van der Waals surface area contributed by atoms with E-state index in [0.717, 1.165) is 0 Å². The molecule has 0 radical (unpaired) electrons. The predicted octanol–water partition coefficient (Wildman–Crippen LogP) is 1.93. The van der Waals surface area contributed by atoms with Gasteiger partial charge in [-0.05, 0) is 30.7 Å². The summed E-state index contributed by atoms with van der Waals surface area (Å²) in [6.45, 7) is 0.552. The molecule has 0 unspecified atom stereocenters. The number of furan rings is 1. The van der Waals surface area contributed by atoms with Gasteiger partial charge in [-0.1, -0.05) is 6.07 Å². The van der Waals surface area contributed by atoms with E-state index in [2.05, 4.69) is 10.3 Å². The highest BCUT2D eigenvalue weighted by Gasteiger charge is 2.08. The lowest BCUT2D eigenvalue weighted by Gasteiger charge is -2.05. The topological polar surface area (TPSA) is 81.4 Å². The van der Waals surface area contributed by atoms with Crippen LogP contribution in [0.4, 0.5) is 0 Å². The van der Waals surface area contributed by atoms with Crippen molar-refractivity contribution in [3.63, 3.8) is 0 Å². The Kier molecular flexibility index (Phi) is 5.51. The van der Waals surface area contributed by atoms with Crippen LogP contribution >= 0.6 is 0 Å². The highest BCUT2D eigenvalue weighted by Crippen LogP contribution is 2.01. The van der Waals surface area contributed by atoms with Crippen LogP contribution in [0.25, 0.3) is 0 Å². The van der Waals surface area contributed by atoms with Crippen LogP contribution in [-0.2, 0) is 16.1 Å². The van der Waals surface area contributed by atoms with E-state index in [4.69, 9.17) is 9.15 Å². The monoisotopic (exact) mass is 288 g/mol. The average Bonchev–Trinajstić information content (AvgIpc) is 3.05. The molecule has 0 aliphatic carbocycles. The summed E-state index contributed by atoms with van der Waals surface area (Å²) in [5, 5.41) is 2.66. The Morgan fingerprint density at radius 2 is 2.14 bits per heavy atom. The van der Waals surface area contributed by atoms with Crippen LogP contribution in [0.2, 0.25) is 0 Å². The molecular weight excluding hydrogens is 272 g/mol. The molecule has 0 spiro atoms. The third-order valence-electron chi connectivity index (χ3n) is 2.70. The largest absolute Gasteiger partial charge is 0.459 e. The van der Waals surface area contributed by atoms with Gasteiger partial charge < -0.3 is 14.5 Å². The maximum Gasteiger partial charge on any atom is 0.306 e. The first-order chi connectivity index (χ1) is 10.3. The number of nitrogens with one attached hydrogen (secondary N) is 1. The molecule has 0 aliphatic rings. The van der Waals surface area contributed by atoms with Crippen LogP contribution < -0.4 is 5.32 Å². The molecule has 2 rings (SSSR count). The minimum absolute atomic E-state index is 0.165. The van der Waals surface area contributed by atoms with Crippen LogP contribution in [0.5, 0.6) is 0 Å². The summed E-state index contributed by atoms with van der Waals surface area (Å²) in [6.07, 6.45) is 3.83. The van der Waals surface area contributed by atoms with Crippen LogP contribution in [0.15, 0.2) is 47.2 Å². The second-order valence-corrected chi connectivity index (χ2v) is 4.32. The number of ether oxygens (including phenoxy) is 1. The van der Waals surface area contributed by atoms with Crippen LogP contribution in [0.3, 0.4) is 0 Å². The van der Waals surface area contributed by atoms with Crippen molar-refractivity contribution in [3.8, 4) is 0 Å². The minimum atomic E-state index is -0.312. The maximum absolute atomic E-state index is 11.5. The first-order valence-electron chi connectivity index (χ1n) is 6.63. The summed E-state index contributed by atoms with van der Waals surface area (Å²) in [4.78, 5) is 27.1. The van der Waals surface area contributed by atoms with Gasteiger partial charge in [0.15, 0.2) is 5.76 Å². The van der Waals surface area contributed by atoms with Crippen molar-refractivity contribution in [3.05, 3.63) is 54.2 Å². The lowest BCUT2D eigenvalue weighted by molar-refractivity contribution is -0.145. The molecule has 6 nitrogen and oxygen atoms in total. The molecule has 0 saturated heterocycles. The zero-order valence-electron chi connectivity index (χ0n) is 11.5. The molecule has 0 bridgehead atoms. The smallest absolute Gasteiger partial charge is 0.306 e. The molecule has 0 aromatic carbocycles. The maximum atomic E-state index is 11.5. The van der Waals surface area contributed by atoms with Gasteiger partial charge in [0.2, 0.25) is 0 Å². The van der Waals surface area contributed by atoms with Crippen molar-refractivity contribution < 1.29 is 18.7 Å². The summed E-state index contributed by atoms with van der Waals surface area (Å²) in [7, 11) is 0. The lowest BCUT2D eigenvalue weighted by atomic mass is 10.3. The van der Waals surface area contributed by atoms with Crippen molar-refractivity contribution in [1.82, 2.24) is 10.3 Å². The molecule has 1 N–H and O–H groups in total. The van der Waals surface area contributed by atoms with Gasteiger partial charge in [0, 0.05) is 19.2 Å². The number of rotatable bonds is 7. The summed E-state index contributed by atoms with van der Waals surface area (Å²) in [6, 6.07) is 8.64. The number of hydrogen-bond donors (Lipinski definition) is 1. The van der Waals surface area contributed by atoms with Crippen molar-refractivity contribution in [1.29, 1.82) is 0 Å². The summed E-state index contributed by atoms with van der Waals surface area (Å²) in [5.41, 5.74) is 0.706. The molecule has 1 amide bonds.